The van der Waals surface area contributed by atoms with E-state index in [1.54, 1.807) is 13.8 Å². The number of nitrogens with zero attached hydrogens (tertiary/aromatic N) is 2. The highest BCUT2D eigenvalue weighted by molar-refractivity contribution is 5.94. The number of carbonyl (C=O) groups is 1. The molecule has 0 amide bonds. The molecule has 2 rings (SSSR count). The van der Waals surface area contributed by atoms with E-state index in [9.17, 15) is 4.79 Å². The van der Waals surface area contributed by atoms with E-state index in [0.717, 1.165) is 5.56 Å². The highest BCUT2D eigenvalue weighted by Crippen LogP contribution is 2.30. The molecule has 0 spiro atoms. The molecule has 2 atom stereocenters. The van der Waals surface area contributed by atoms with Crippen LogP contribution in [0.15, 0.2) is 35.5 Å². The first-order valence-corrected chi connectivity index (χ1v) is 6.59. The number of hydrogen-bond acceptors (Lipinski definition) is 5. The van der Waals surface area contributed by atoms with E-state index >= 15 is 0 Å². The molecule has 0 fully saturated rings. The molecule has 1 heterocycles. The Morgan fingerprint density at radius 3 is 2.55 bits per heavy atom. The van der Waals surface area contributed by atoms with Crippen molar-refractivity contribution in [2.45, 2.75) is 32.1 Å². The summed E-state index contributed by atoms with van der Waals surface area (Å²) < 4.78 is 5.89. The molecule has 2 unspecified atom stereocenters. The molecule has 5 heteroatoms. The normalized spacial score (nSPS) is 22.9. The molecule has 5 nitrogen and oxygen atoms in total. The summed E-state index contributed by atoms with van der Waals surface area (Å²) in [4.78, 5) is 18.9. The van der Waals surface area contributed by atoms with Gasteiger partial charge < -0.3 is 9.57 Å². The molecule has 0 radical (unpaired) electrons. The Morgan fingerprint density at radius 1 is 1.35 bits per heavy atom. The van der Waals surface area contributed by atoms with Crippen molar-refractivity contribution < 1.29 is 14.4 Å². The smallest absolute Gasteiger partial charge is 0.290 e. The number of carbonyl (C=O) groups excluding carboxylic acids is 1. The molecule has 1 aliphatic heterocycles. The van der Waals surface area contributed by atoms with Gasteiger partial charge in [0.25, 0.3) is 11.7 Å². The van der Waals surface area contributed by atoms with Crippen LogP contribution in [0.3, 0.4) is 0 Å². The van der Waals surface area contributed by atoms with Crippen molar-refractivity contribution in [1.29, 1.82) is 0 Å². The van der Waals surface area contributed by atoms with Gasteiger partial charge in [-0.15, -0.1) is 0 Å². The second-order valence-corrected chi connectivity index (χ2v) is 5.36. The Labute approximate surface area is 119 Å². The van der Waals surface area contributed by atoms with Crippen LogP contribution in [0, 0.1) is 0 Å². The van der Waals surface area contributed by atoms with Gasteiger partial charge in [-0.2, -0.15) is 0 Å². The zero-order valence-corrected chi connectivity index (χ0v) is 12.3. The van der Waals surface area contributed by atoms with Gasteiger partial charge in [0.05, 0.1) is 6.04 Å². The summed E-state index contributed by atoms with van der Waals surface area (Å²) in [6.07, 6.45) is 0.348. The highest BCUT2D eigenvalue weighted by atomic mass is 16.8. The van der Waals surface area contributed by atoms with Crippen LogP contribution in [-0.4, -0.2) is 42.5 Å². The first-order chi connectivity index (χ1) is 9.42. The largest absolute Gasteiger partial charge is 0.429 e. The zero-order valence-electron chi connectivity index (χ0n) is 12.3. The SMILES string of the molecule is CC(=O)CC(N(C)C)C1(C)ON=C(c2ccccc2)O1. The lowest BCUT2D eigenvalue weighted by Crippen LogP contribution is -2.50. The number of hydrogen-bond donors (Lipinski definition) is 0. The standard InChI is InChI=1S/C15H20N2O3/c1-11(18)10-13(17(3)4)15(2)19-14(16-20-15)12-8-6-5-7-9-12/h5-9,13H,10H2,1-4H3. The summed E-state index contributed by atoms with van der Waals surface area (Å²) in [6, 6.07) is 9.36. The first-order valence-electron chi connectivity index (χ1n) is 6.59. The minimum absolute atomic E-state index is 0.0882. The van der Waals surface area contributed by atoms with Crippen LogP contribution in [0.25, 0.3) is 0 Å². The Morgan fingerprint density at radius 2 is 2.00 bits per heavy atom. The first kappa shape index (κ1) is 14.5. The van der Waals surface area contributed by atoms with Crippen molar-refractivity contribution in [3.05, 3.63) is 35.9 Å². The average molecular weight is 276 g/mol. The van der Waals surface area contributed by atoms with Gasteiger partial charge in [0.15, 0.2) is 0 Å². The van der Waals surface area contributed by atoms with Crippen LogP contribution >= 0.6 is 0 Å². The molecule has 108 valence electrons. The second kappa shape index (κ2) is 5.63. The van der Waals surface area contributed by atoms with Gasteiger partial charge >= 0.3 is 0 Å². The van der Waals surface area contributed by atoms with Gasteiger partial charge in [-0.1, -0.05) is 18.2 Å². The topological polar surface area (TPSA) is 51.1 Å². The van der Waals surface area contributed by atoms with Crippen LogP contribution in [-0.2, 0) is 14.4 Å². The fourth-order valence-corrected chi connectivity index (χ4v) is 2.29. The molecule has 0 aliphatic carbocycles. The molecule has 1 aromatic rings. The molecule has 0 aromatic heterocycles. The highest BCUT2D eigenvalue weighted by Gasteiger charge is 2.46. The van der Waals surface area contributed by atoms with Gasteiger partial charge in [-0.25, -0.2) is 0 Å². The summed E-state index contributed by atoms with van der Waals surface area (Å²) in [5, 5.41) is 4.03. The molecule has 1 aromatic carbocycles. The molecule has 20 heavy (non-hydrogen) atoms. The third kappa shape index (κ3) is 2.99. The number of rotatable bonds is 5. The van der Waals surface area contributed by atoms with E-state index < -0.39 is 5.79 Å². The molecular formula is C15H20N2O3. The number of ketones is 1. The minimum atomic E-state index is -0.958. The molecule has 0 saturated carbocycles. The molecule has 0 bridgehead atoms. The number of oxime groups is 1. The average Bonchev–Trinajstić information content (AvgIpc) is 2.80. The number of Topliss-reactive ketones (excluding diaryl/α,β-unsaturated/α-hetero) is 1. The summed E-state index contributed by atoms with van der Waals surface area (Å²) in [7, 11) is 3.79. The quantitative estimate of drug-likeness (QED) is 0.825. The lowest BCUT2D eigenvalue weighted by molar-refractivity contribution is -0.187. The van der Waals surface area contributed by atoms with Crippen molar-refractivity contribution in [1.82, 2.24) is 4.90 Å². The lowest BCUT2D eigenvalue weighted by Gasteiger charge is -2.34. The zero-order chi connectivity index (χ0) is 14.8. The van der Waals surface area contributed by atoms with Gasteiger partial charge in [0, 0.05) is 18.9 Å². The van der Waals surface area contributed by atoms with E-state index in [0.29, 0.717) is 12.3 Å². The number of ether oxygens (including phenoxy) is 1. The summed E-state index contributed by atoms with van der Waals surface area (Å²) >= 11 is 0. The van der Waals surface area contributed by atoms with E-state index in [1.807, 2.05) is 49.3 Å². The molecule has 1 aliphatic rings. The Hall–Kier alpha value is -1.88. The Kier molecular flexibility index (Phi) is 4.09. The third-order valence-corrected chi connectivity index (χ3v) is 3.34. The van der Waals surface area contributed by atoms with Crippen LogP contribution in [0.2, 0.25) is 0 Å². The van der Waals surface area contributed by atoms with Crippen LogP contribution < -0.4 is 0 Å². The van der Waals surface area contributed by atoms with Gasteiger partial charge in [0.1, 0.15) is 5.78 Å². The predicted octanol–water partition coefficient (Wildman–Crippen LogP) is 2.02. The number of likely N-dealkylation sites (N-methyl/N-ethyl adjacent to an activating group) is 1. The predicted molar refractivity (Wildman–Crippen MR) is 76.3 cm³/mol. The maximum Gasteiger partial charge on any atom is 0.290 e. The van der Waals surface area contributed by atoms with Crippen LogP contribution in [0.1, 0.15) is 25.8 Å². The molecule has 0 N–H and O–H groups in total. The third-order valence-electron chi connectivity index (χ3n) is 3.34. The fraction of sp³-hybridized carbons (Fsp3) is 0.467. The van der Waals surface area contributed by atoms with E-state index in [-0.39, 0.29) is 11.8 Å². The monoisotopic (exact) mass is 276 g/mol. The van der Waals surface area contributed by atoms with E-state index in [2.05, 4.69) is 5.16 Å². The second-order valence-electron chi connectivity index (χ2n) is 5.36. The number of benzene rings is 1. The Bertz CT molecular complexity index is 513. The Balaban J connectivity index is 2.16. The summed E-state index contributed by atoms with van der Waals surface area (Å²) in [6.45, 7) is 3.37. The summed E-state index contributed by atoms with van der Waals surface area (Å²) in [5.74, 6) is -0.422. The maximum absolute atomic E-state index is 11.4. The van der Waals surface area contributed by atoms with Gasteiger partial charge in [-0.3, -0.25) is 9.69 Å². The van der Waals surface area contributed by atoms with E-state index in [1.165, 1.54) is 0 Å². The molecular weight excluding hydrogens is 256 g/mol. The van der Waals surface area contributed by atoms with Crippen molar-refractivity contribution >= 4 is 11.7 Å². The van der Waals surface area contributed by atoms with Crippen molar-refractivity contribution in [2.24, 2.45) is 5.16 Å². The summed E-state index contributed by atoms with van der Waals surface area (Å²) in [5.41, 5.74) is 0.858. The minimum Gasteiger partial charge on any atom is -0.429 e. The van der Waals surface area contributed by atoms with Crippen LogP contribution in [0.5, 0.6) is 0 Å². The van der Waals surface area contributed by atoms with E-state index in [4.69, 9.17) is 9.57 Å². The van der Waals surface area contributed by atoms with Crippen molar-refractivity contribution in [3.63, 3.8) is 0 Å². The van der Waals surface area contributed by atoms with Gasteiger partial charge in [0.2, 0.25) is 0 Å². The van der Waals surface area contributed by atoms with Gasteiger partial charge in [-0.05, 0) is 38.3 Å². The maximum atomic E-state index is 11.4. The molecule has 0 saturated heterocycles. The lowest BCUT2D eigenvalue weighted by atomic mass is 10.0. The van der Waals surface area contributed by atoms with Crippen molar-refractivity contribution in [2.75, 3.05) is 14.1 Å². The van der Waals surface area contributed by atoms with Crippen molar-refractivity contribution in [3.8, 4) is 0 Å². The fourth-order valence-electron chi connectivity index (χ4n) is 2.29. The van der Waals surface area contributed by atoms with Crippen LogP contribution in [0.4, 0.5) is 0 Å².